The fraction of sp³-hybridized carbons (Fsp3) is 0.941. The van der Waals surface area contributed by atoms with Crippen molar-refractivity contribution in [3.05, 3.63) is 0 Å². The van der Waals surface area contributed by atoms with Gasteiger partial charge in [0.15, 0.2) is 0 Å². The highest BCUT2D eigenvalue weighted by Gasteiger charge is 2.38. The number of ether oxygens (including phenoxy) is 1. The number of rotatable bonds is 3. The summed E-state index contributed by atoms with van der Waals surface area (Å²) in [5.41, 5.74) is 0.0912. The van der Waals surface area contributed by atoms with E-state index in [9.17, 15) is 4.79 Å². The zero-order valence-electron chi connectivity index (χ0n) is 13.9. The van der Waals surface area contributed by atoms with Crippen LogP contribution >= 0.6 is 0 Å². The Labute approximate surface area is 119 Å². The topological polar surface area (TPSA) is 26.3 Å². The number of carbonyl (C=O) groups is 1. The van der Waals surface area contributed by atoms with Gasteiger partial charge in [-0.2, -0.15) is 0 Å². The Hall–Kier alpha value is -0.530. The van der Waals surface area contributed by atoms with Crippen LogP contribution in [0, 0.1) is 23.2 Å². The van der Waals surface area contributed by atoms with E-state index in [0.717, 1.165) is 5.92 Å². The van der Waals surface area contributed by atoms with Crippen molar-refractivity contribution in [3.8, 4) is 0 Å². The van der Waals surface area contributed by atoms with Crippen molar-refractivity contribution in [1.82, 2.24) is 0 Å². The van der Waals surface area contributed by atoms with E-state index < -0.39 is 0 Å². The van der Waals surface area contributed by atoms with Crippen LogP contribution in [0.15, 0.2) is 0 Å². The Kier molecular flexibility index (Phi) is 5.08. The van der Waals surface area contributed by atoms with Crippen LogP contribution in [0.1, 0.15) is 74.1 Å². The fourth-order valence-corrected chi connectivity index (χ4v) is 3.12. The average Bonchev–Trinajstić information content (AvgIpc) is 2.27. The van der Waals surface area contributed by atoms with E-state index in [1.54, 1.807) is 0 Å². The summed E-state index contributed by atoms with van der Waals surface area (Å²) in [6, 6.07) is 0. The first-order chi connectivity index (χ1) is 8.54. The molecule has 0 aromatic heterocycles. The van der Waals surface area contributed by atoms with Crippen LogP contribution in [0.2, 0.25) is 0 Å². The second-order valence-corrected chi connectivity index (χ2v) is 8.09. The van der Waals surface area contributed by atoms with E-state index in [1.807, 2.05) is 13.8 Å². The molecule has 0 aromatic rings. The minimum absolute atomic E-state index is 0.0369. The molecule has 0 radical (unpaired) electrons. The Bertz CT molecular complexity index is 302. The van der Waals surface area contributed by atoms with Gasteiger partial charge in [0.05, 0.1) is 5.92 Å². The van der Waals surface area contributed by atoms with Gasteiger partial charge in [-0.3, -0.25) is 4.79 Å². The van der Waals surface area contributed by atoms with Gasteiger partial charge in [0.2, 0.25) is 0 Å². The van der Waals surface area contributed by atoms with Crippen LogP contribution in [0.3, 0.4) is 0 Å². The van der Waals surface area contributed by atoms with E-state index in [1.165, 1.54) is 25.7 Å². The van der Waals surface area contributed by atoms with Gasteiger partial charge in [0, 0.05) is 0 Å². The van der Waals surface area contributed by atoms with Crippen LogP contribution in [0.25, 0.3) is 0 Å². The first kappa shape index (κ1) is 16.5. The third kappa shape index (κ3) is 4.50. The second-order valence-electron chi connectivity index (χ2n) is 8.09. The molecule has 1 saturated carbocycles. The summed E-state index contributed by atoms with van der Waals surface area (Å²) in [6.07, 6.45) is 4.88. The van der Waals surface area contributed by atoms with Gasteiger partial charge in [0.1, 0.15) is 5.60 Å². The molecule has 0 saturated heterocycles. The quantitative estimate of drug-likeness (QED) is 0.686. The zero-order valence-corrected chi connectivity index (χ0v) is 13.9. The van der Waals surface area contributed by atoms with E-state index in [-0.39, 0.29) is 17.5 Å². The van der Waals surface area contributed by atoms with Crippen molar-refractivity contribution in [3.63, 3.8) is 0 Å². The molecule has 1 aliphatic rings. The average molecular weight is 268 g/mol. The lowest BCUT2D eigenvalue weighted by atomic mass is 9.67. The third-order valence-electron chi connectivity index (χ3n) is 4.77. The molecular weight excluding hydrogens is 236 g/mol. The van der Waals surface area contributed by atoms with Crippen molar-refractivity contribution >= 4 is 5.97 Å². The van der Waals surface area contributed by atoms with Crippen LogP contribution in [0.4, 0.5) is 0 Å². The lowest BCUT2D eigenvalue weighted by molar-refractivity contribution is -0.167. The van der Waals surface area contributed by atoms with Crippen LogP contribution in [-0.2, 0) is 9.53 Å². The first-order valence-corrected chi connectivity index (χ1v) is 7.77. The van der Waals surface area contributed by atoms with Gasteiger partial charge in [-0.15, -0.1) is 0 Å². The molecular formula is C17H32O2. The maximum atomic E-state index is 11.8. The van der Waals surface area contributed by atoms with Gasteiger partial charge in [-0.1, -0.05) is 34.6 Å². The smallest absolute Gasteiger partial charge is 0.308 e. The fourth-order valence-electron chi connectivity index (χ4n) is 3.12. The predicted octanol–water partition coefficient (Wildman–Crippen LogP) is 4.82. The molecule has 0 bridgehead atoms. The van der Waals surface area contributed by atoms with Crippen LogP contribution < -0.4 is 0 Å². The number of hydrogen-bond acceptors (Lipinski definition) is 2. The molecule has 1 fully saturated rings. The molecule has 0 aliphatic heterocycles. The Morgan fingerprint density at radius 1 is 0.947 bits per heavy atom. The molecule has 2 nitrogen and oxygen atoms in total. The summed E-state index contributed by atoms with van der Waals surface area (Å²) in [4.78, 5) is 11.8. The van der Waals surface area contributed by atoms with Gasteiger partial charge >= 0.3 is 5.97 Å². The Balaban J connectivity index is 2.56. The van der Waals surface area contributed by atoms with Crippen molar-refractivity contribution in [2.24, 2.45) is 23.2 Å². The van der Waals surface area contributed by atoms with Crippen molar-refractivity contribution in [2.45, 2.75) is 79.8 Å². The van der Waals surface area contributed by atoms with E-state index in [2.05, 4.69) is 34.6 Å². The molecule has 0 aromatic carbocycles. The van der Waals surface area contributed by atoms with Crippen molar-refractivity contribution < 1.29 is 9.53 Å². The summed E-state index contributed by atoms with van der Waals surface area (Å²) >= 11 is 0. The molecule has 0 N–H and O–H groups in total. The van der Waals surface area contributed by atoms with Crippen molar-refractivity contribution in [2.75, 3.05) is 0 Å². The van der Waals surface area contributed by atoms with E-state index in [4.69, 9.17) is 4.74 Å². The molecule has 2 heteroatoms. The zero-order chi connectivity index (χ0) is 14.8. The van der Waals surface area contributed by atoms with E-state index >= 15 is 0 Å². The molecule has 0 spiro atoms. The largest absolute Gasteiger partial charge is 0.459 e. The monoisotopic (exact) mass is 268 g/mol. The Morgan fingerprint density at radius 3 is 1.74 bits per heavy atom. The van der Waals surface area contributed by atoms with Gasteiger partial charge in [-0.25, -0.2) is 0 Å². The van der Waals surface area contributed by atoms with Gasteiger partial charge in [-0.05, 0) is 56.8 Å². The summed E-state index contributed by atoms with van der Waals surface area (Å²) in [5.74, 6) is 1.21. The number of hydrogen-bond donors (Lipinski definition) is 0. The molecule has 0 amide bonds. The molecule has 1 aliphatic carbocycles. The number of esters is 1. The molecule has 0 heterocycles. The lowest BCUT2D eigenvalue weighted by Crippen LogP contribution is -2.41. The maximum absolute atomic E-state index is 11.8. The van der Waals surface area contributed by atoms with Crippen LogP contribution in [-0.4, -0.2) is 11.6 Å². The standard InChI is InChI=1S/C17H32O2/c1-12(2)15(18)19-17(6,7)14-10-8-13(9-11-14)16(3,4)5/h12-14H,8-11H2,1-7H3. The SMILES string of the molecule is CC(C)C(=O)OC(C)(C)C1CCC(C(C)(C)C)CC1. The third-order valence-corrected chi connectivity index (χ3v) is 4.77. The Morgan fingerprint density at radius 2 is 1.37 bits per heavy atom. The van der Waals surface area contributed by atoms with Crippen LogP contribution in [0.5, 0.6) is 0 Å². The lowest BCUT2D eigenvalue weighted by Gasteiger charge is -2.42. The summed E-state index contributed by atoms with van der Waals surface area (Å²) < 4.78 is 5.72. The highest BCUT2D eigenvalue weighted by Crippen LogP contribution is 2.43. The molecule has 0 unspecified atom stereocenters. The van der Waals surface area contributed by atoms with E-state index in [0.29, 0.717) is 11.3 Å². The maximum Gasteiger partial charge on any atom is 0.308 e. The second kappa shape index (κ2) is 5.85. The first-order valence-electron chi connectivity index (χ1n) is 7.77. The minimum atomic E-state index is -0.315. The summed E-state index contributed by atoms with van der Waals surface area (Å²) in [6.45, 7) is 15.0. The van der Waals surface area contributed by atoms with Gasteiger partial charge in [0.25, 0.3) is 0 Å². The highest BCUT2D eigenvalue weighted by molar-refractivity contribution is 5.72. The minimum Gasteiger partial charge on any atom is -0.459 e. The molecule has 112 valence electrons. The normalized spacial score (nSPS) is 25.5. The van der Waals surface area contributed by atoms with Gasteiger partial charge < -0.3 is 4.74 Å². The molecule has 19 heavy (non-hydrogen) atoms. The highest BCUT2D eigenvalue weighted by atomic mass is 16.6. The molecule has 1 rings (SSSR count). The summed E-state index contributed by atoms with van der Waals surface area (Å²) in [5, 5.41) is 0. The van der Waals surface area contributed by atoms with Crippen molar-refractivity contribution in [1.29, 1.82) is 0 Å². The predicted molar refractivity (Wildman–Crippen MR) is 79.9 cm³/mol. The summed E-state index contributed by atoms with van der Waals surface area (Å²) in [7, 11) is 0. The molecule has 0 atom stereocenters. The number of carbonyl (C=O) groups excluding carboxylic acids is 1.